The van der Waals surface area contributed by atoms with Crippen molar-refractivity contribution >= 4 is 29.7 Å². The summed E-state index contributed by atoms with van der Waals surface area (Å²) in [7, 11) is 0. The van der Waals surface area contributed by atoms with Crippen LogP contribution in [-0.4, -0.2) is 98.9 Å². The van der Waals surface area contributed by atoms with Gasteiger partial charge in [-0.25, -0.2) is 0 Å². The molecule has 0 bridgehead atoms. The minimum atomic E-state index is -1.55. The van der Waals surface area contributed by atoms with Gasteiger partial charge in [0.25, 0.3) is 11.8 Å². The third-order valence-corrected chi connectivity index (χ3v) is 11.5. The second-order valence-electron chi connectivity index (χ2n) is 17.6. The Morgan fingerprint density at radius 3 is 1.11 bits per heavy atom. The molecule has 16 heteroatoms. The first kappa shape index (κ1) is 59.9. The van der Waals surface area contributed by atoms with E-state index in [-0.39, 0.29) is 116 Å². The monoisotopic (exact) mass is 1140 g/mol. The van der Waals surface area contributed by atoms with E-state index in [0.717, 1.165) is 25.7 Å². The number of ether oxygens (including phenoxy) is 5. The van der Waals surface area contributed by atoms with Crippen LogP contribution in [-0.2, 0) is 36.9 Å². The summed E-state index contributed by atoms with van der Waals surface area (Å²) in [5, 5.41) is 36.5. The molecule has 0 saturated carbocycles. The number of rotatable bonds is 31. The van der Waals surface area contributed by atoms with E-state index in [2.05, 4.69) is 13.8 Å². The van der Waals surface area contributed by atoms with E-state index < -0.39 is 37.7 Å². The number of nitrogens with zero attached hydrogens (tertiary/aromatic N) is 2. The van der Waals surface area contributed by atoms with Gasteiger partial charge in [-0.1, -0.05) is 75.2 Å². The van der Waals surface area contributed by atoms with Gasteiger partial charge in [-0.2, -0.15) is 0 Å². The maximum atomic E-state index is 14.2. The summed E-state index contributed by atoms with van der Waals surface area (Å²) >= 11 is 0. The molecule has 5 rings (SSSR count). The molecule has 0 heterocycles. The van der Waals surface area contributed by atoms with Gasteiger partial charge in [-0.05, 0) is 112 Å². The van der Waals surface area contributed by atoms with E-state index in [4.69, 9.17) is 23.7 Å². The van der Waals surface area contributed by atoms with Crippen LogP contribution in [0.2, 0.25) is 0 Å². The summed E-state index contributed by atoms with van der Waals surface area (Å²) in [4.78, 5) is 68.2. The van der Waals surface area contributed by atoms with Crippen LogP contribution < -0.4 is 29.5 Å². The van der Waals surface area contributed by atoms with Crippen LogP contribution in [0.1, 0.15) is 101 Å². The van der Waals surface area contributed by atoms with Gasteiger partial charge in [0.15, 0.2) is 0 Å². The van der Waals surface area contributed by atoms with Gasteiger partial charge in [0, 0.05) is 97.1 Å². The van der Waals surface area contributed by atoms with Crippen molar-refractivity contribution in [3.8, 4) is 39.5 Å². The molecule has 5 aromatic carbocycles. The van der Waals surface area contributed by atoms with Gasteiger partial charge in [0.1, 0.15) is 37.1 Å². The van der Waals surface area contributed by atoms with Crippen LogP contribution in [0.25, 0.3) is 22.3 Å². The van der Waals surface area contributed by atoms with E-state index in [9.17, 15) is 39.3 Å². The molecule has 0 atom stereocenters. The molecule has 0 fully saturated rings. The van der Waals surface area contributed by atoms with Crippen LogP contribution >= 0.6 is 0 Å². The van der Waals surface area contributed by atoms with E-state index in [0.29, 0.717) is 89.3 Å². The van der Waals surface area contributed by atoms with Gasteiger partial charge >= 0.3 is 49.4 Å². The fourth-order valence-electron chi connectivity index (χ4n) is 8.25. The number of hydrogen-bond acceptors (Lipinski definition) is 13. The summed E-state index contributed by atoms with van der Waals surface area (Å²) in [5.74, 6) is -5.02. The molecule has 0 spiro atoms. The van der Waals surface area contributed by atoms with Crippen molar-refractivity contribution in [3.63, 3.8) is 0 Å². The van der Waals surface area contributed by atoms with Gasteiger partial charge < -0.3 is 63.2 Å². The largest absolute Gasteiger partial charge is 3.00 e. The molecule has 0 aliphatic rings. The van der Waals surface area contributed by atoms with Crippen molar-refractivity contribution in [3.05, 3.63) is 136 Å². The number of carboxylic acid groups (broad SMARTS) is 3. The quantitative estimate of drug-likeness (QED) is 0.0466. The number of aliphatic carboxylic acids is 3. The second kappa shape index (κ2) is 31.2. The minimum absolute atomic E-state index is 0. The number of amides is 2. The fourth-order valence-corrected chi connectivity index (χ4v) is 8.25. The second-order valence-corrected chi connectivity index (χ2v) is 17.6. The van der Waals surface area contributed by atoms with Crippen molar-refractivity contribution < 1.29 is 112 Å². The van der Waals surface area contributed by atoms with Gasteiger partial charge in [0.2, 0.25) is 0 Å². The van der Waals surface area contributed by atoms with Crippen LogP contribution in [0.5, 0.6) is 17.2 Å². The van der Waals surface area contributed by atoms with Crippen LogP contribution in [0.3, 0.4) is 0 Å². The maximum Gasteiger partial charge on any atom is 3.00 e. The Morgan fingerprint density at radius 1 is 0.452 bits per heavy atom. The summed E-state index contributed by atoms with van der Waals surface area (Å²) < 4.78 is 30.0. The molecular formula is C57H65EuN2O13. The predicted octanol–water partition coefficient (Wildman–Crippen LogP) is 6.03. The van der Waals surface area contributed by atoms with Crippen molar-refractivity contribution in [1.82, 2.24) is 9.80 Å². The SMILES string of the molecule is CCCCOCCCN(Cc1cc(C)cc(-c2cc(C)cc(-c3cc(C)cc(CN(CCCOCCCC)C(=O)c4ccccc4)c3OCC(=O)[O-])c2OCC(=O)[O-])c1OCC(=O)[O-])C(=O)c1ccccc1.[Eu+3]. The van der Waals surface area contributed by atoms with E-state index >= 15 is 0 Å². The van der Waals surface area contributed by atoms with Crippen molar-refractivity contribution in [2.24, 2.45) is 0 Å². The molecule has 5 aromatic rings. The molecule has 73 heavy (non-hydrogen) atoms. The normalized spacial score (nSPS) is 10.8. The molecule has 0 radical (unpaired) electrons. The van der Waals surface area contributed by atoms with Crippen LogP contribution in [0.15, 0.2) is 97.1 Å². The molecule has 0 aromatic heterocycles. The van der Waals surface area contributed by atoms with E-state index in [1.165, 1.54) is 0 Å². The fraction of sp³-hybridized carbons (Fsp3) is 0.386. The first-order chi connectivity index (χ1) is 34.7. The topological polar surface area (TPSA) is 207 Å². The van der Waals surface area contributed by atoms with Crippen molar-refractivity contribution in [2.45, 2.75) is 86.2 Å². The van der Waals surface area contributed by atoms with Crippen molar-refractivity contribution in [2.75, 3.05) is 59.3 Å². The predicted molar refractivity (Wildman–Crippen MR) is 266 cm³/mol. The summed E-state index contributed by atoms with van der Waals surface area (Å²) in [5.41, 5.74) is 4.87. The number of carbonyl (C=O) groups is 5. The zero-order valence-corrected chi connectivity index (χ0v) is 44.8. The molecule has 388 valence electrons. The number of carbonyl (C=O) groups excluding carboxylic acids is 5. The molecule has 0 unspecified atom stereocenters. The minimum Gasteiger partial charge on any atom is -0.546 e. The Labute approximate surface area is 469 Å². The molecule has 2 amide bonds. The molecule has 0 aliphatic carbocycles. The number of unbranched alkanes of at least 4 members (excludes halogenated alkanes) is 2. The Kier molecular flexibility index (Phi) is 25.6. The van der Waals surface area contributed by atoms with E-state index in [1.54, 1.807) is 102 Å². The molecule has 0 saturated heterocycles. The third-order valence-electron chi connectivity index (χ3n) is 11.5. The maximum absolute atomic E-state index is 14.2. The number of hydrogen-bond donors (Lipinski definition) is 0. The molecular weight excluding hydrogens is 1070 g/mol. The molecule has 15 nitrogen and oxygen atoms in total. The van der Waals surface area contributed by atoms with Crippen molar-refractivity contribution in [1.29, 1.82) is 0 Å². The third kappa shape index (κ3) is 18.7. The zero-order chi connectivity index (χ0) is 52.0. The summed E-state index contributed by atoms with van der Waals surface area (Å²) in [6, 6.07) is 28.0. The Hall–Kier alpha value is -5.65. The zero-order valence-electron chi connectivity index (χ0n) is 42.3. The number of carboxylic acids is 3. The Balaban J connectivity index is 0.0000116. The van der Waals surface area contributed by atoms with E-state index in [1.807, 2.05) is 26.0 Å². The first-order valence-corrected chi connectivity index (χ1v) is 24.4. The van der Waals surface area contributed by atoms with Gasteiger partial charge in [0.05, 0.1) is 17.9 Å². The van der Waals surface area contributed by atoms with Crippen LogP contribution in [0.4, 0.5) is 0 Å². The first-order valence-electron chi connectivity index (χ1n) is 24.4. The average molecular weight is 1140 g/mol. The Bertz CT molecular complexity index is 2440. The summed E-state index contributed by atoms with van der Waals surface area (Å²) in [6.45, 7) is 9.37. The van der Waals surface area contributed by atoms with Gasteiger partial charge in [-0.3, -0.25) is 9.59 Å². The average Bonchev–Trinajstić information content (AvgIpc) is 3.36. The summed E-state index contributed by atoms with van der Waals surface area (Å²) in [6.07, 6.45) is 4.75. The van der Waals surface area contributed by atoms with Crippen LogP contribution in [0, 0.1) is 70.1 Å². The molecule has 0 N–H and O–H groups in total. The Morgan fingerprint density at radius 2 is 0.767 bits per heavy atom. The van der Waals surface area contributed by atoms with Gasteiger partial charge in [-0.15, -0.1) is 0 Å². The molecule has 0 aliphatic heterocycles. The number of aryl methyl sites for hydroxylation is 3. The number of benzene rings is 5. The smallest absolute Gasteiger partial charge is 0.546 e. The standard InChI is InChI=1S/C57H68N2O13.Eu/c1-6-8-24-68-26-16-22-58(56(66)42-18-12-10-13-19-42)34-44-28-39(3)30-46(53(44)70-36-50(60)61)48-32-41(5)33-49(55(48)72-38-52(64)65)47-31-40(4)29-45(54(47)71-37-51(62)63)35-59(23-17-27-69-25-9-7-2)57(67)43-20-14-11-15-21-43;/h10-15,18-21,28-33H,6-9,16-17,22-27,34-38H2,1-5H3,(H,60,61)(H,62,63)(H,64,65);/q;+3/p-3.